The molecule has 0 fully saturated rings. The van der Waals surface area contributed by atoms with Gasteiger partial charge in [-0.15, -0.1) is 0 Å². The van der Waals surface area contributed by atoms with Gasteiger partial charge in [0.2, 0.25) is 0 Å². The smallest absolute Gasteiger partial charge is 0.0300 e. The summed E-state index contributed by atoms with van der Waals surface area (Å²) in [5.41, 5.74) is 0. The van der Waals surface area contributed by atoms with Crippen molar-refractivity contribution in [3.63, 3.8) is 0 Å². The quantitative estimate of drug-likeness (QED) is 0.541. The molecule has 0 N–H and O–H groups in total. The van der Waals surface area contributed by atoms with Gasteiger partial charge in [-0.2, -0.15) is 0 Å². The average Bonchev–Trinajstić information content (AvgIpc) is 1.63. The summed E-state index contributed by atoms with van der Waals surface area (Å²) < 4.78 is 0. The second-order valence-corrected chi connectivity index (χ2v) is 3.11. The van der Waals surface area contributed by atoms with Gasteiger partial charge in [-0.1, -0.05) is 27.7 Å². The first-order chi connectivity index (χ1) is 4.13. The molecule has 0 aromatic carbocycles. The van der Waals surface area contributed by atoms with Crippen LogP contribution in [0.25, 0.3) is 0 Å². The lowest BCUT2D eigenvalue weighted by molar-refractivity contribution is 0.840. The van der Waals surface area contributed by atoms with Crippen molar-refractivity contribution >= 4 is 0 Å². The number of hydrogen-bond acceptors (Lipinski definition) is 0. The Bertz CT molecular complexity index is 45.1. The molecule has 53 valence electrons. The van der Waals surface area contributed by atoms with Crippen molar-refractivity contribution in [2.45, 2.75) is 40.5 Å². The predicted molar refractivity (Wildman–Crippen MR) is 42.7 cm³/mol. The molecule has 0 aliphatic heterocycles. The largest absolute Gasteiger partial charge is 0.0594 e. The van der Waals surface area contributed by atoms with E-state index in [1.807, 2.05) is 0 Å². The monoisotopic (exact) mass is 125 g/mol. The van der Waals surface area contributed by atoms with E-state index in [0.717, 1.165) is 0 Å². The molecular weight excluding hydrogens is 108 g/mol. The first-order valence-electron chi connectivity index (χ1n) is 3.52. The van der Waals surface area contributed by atoms with Gasteiger partial charge in [-0.25, -0.2) is 0 Å². The summed E-state index contributed by atoms with van der Waals surface area (Å²) in [5, 5.41) is 0. The summed E-state index contributed by atoms with van der Waals surface area (Å²) >= 11 is 0. The van der Waals surface area contributed by atoms with Gasteiger partial charge in [0.15, 0.2) is 0 Å². The van der Waals surface area contributed by atoms with E-state index in [9.17, 15) is 0 Å². The van der Waals surface area contributed by atoms with E-state index in [1.54, 1.807) is 0 Å². The first kappa shape index (κ1) is 9.00. The predicted octanol–water partition coefficient (Wildman–Crippen LogP) is 3.20. The van der Waals surface area contributed by atoms with Crippen LogP contribution in [0.3, 0.4) is 0 Å². The van der Waals surface area contributed by atoms with Gasteiger partial charge in [0.25, 0.3) is 0 Å². The number of rotatable bonds is 4. The third-order valence-electron chi connectivity index (χ3n) is 1.11. The summed E-state index contributed by atoms with van der Waals surface area (Å²) in [6.07, 6.45) is 4.67. The Morgan fingerprint density at radius 2 is 1.22 bits per heavy atom. The fourth-order valence-corrected chi connectivity index (χ4v) is 0.650. The van der Waals surface area contributed by atoms with Crippen LogP contribution in [0.5, 0.6) is 0 Å². The lowest BCUT2D eigenvalue weighted by Crippen LogP contribution is -1.89. The van der Waals surface area contributed by atoms with Crippen molar-refractivity contribution in [3.8, 4) is 0 Å². The van der Waals surface area contributed by atoms with Crippen LogP contribution >= 0.6 is 0 Å². The lowest BCUT2D eigenvalue weighted by atomic mass is 10.0. The van der Waals surface area contributed by atoms with Crippen LogP contribution in [-0.4, -0.2) is 0 Å². The van der Waals surface area contributed by atoms with Crippen molar-refractivity contribution in [1.29, 1.82) is 0 Å². The van der Waals surface area contributed by atoms with E-state index in [1.165, 1.54) is 24.7 Å². The van der Waals surface area contributed by atoms with E-state index >= 15 is 0 Å². The Hall–Kier alpha value is 0. The lowest BCUT2D eigenvalue weighted by Gasteiger charge is -2.04. The summed E-state index contributed by atoms with van der Waals surface area (Å²) in [6, 6.07) is 0. The number of hydrogen-bond donors (Lipinski definition) is 0. The maximum absolute atomic E-state index is 2.32. The molecule has 0 nitrogen and oxygen atoms in total. The molecule has 9 heavy (non-hydrogen) atoms. The van der Waals surface area contributed by atoms with Crippen molar-refractivity contribution in [2.75, 3.05) is 0 Å². The Morgan fingerprint density at radius 3 is 1.44 bits per heavy atom. The van der Waals surface area contributed by atoms with Crippen LogP contribution in [-0.2, 0) is 0 Å². The fraction of sp³-hybridized carbons (Fsp3) is 0.667. The van der Waals surface area contributed by atoms with Gasteiger partial charge < -0.3 is 0 Å². The zero-order valence-corrected chi connectivity index (χ0v) is 6.99. The zero-order valence-electron chi connectivity index (χ0n) is 6.99. The zero-order chi connectivity index (χ0) is 7.28. The second-order valence-electron chi connectivity index (χ2n) is 3.11. The minimum atomic E-state index is 1.17. The van der Waals surface area contributed by atoms with Gasteiger partial charge in [0, 0.05) is 0 Å². The highest BCUT2D eigenvalue weighted by atomic mass is 14.0. The summed E-state index contributed by atoms with van der Waals surface area (Å²) in [4.78, 5) is 0. The first-order valence-corrected chi connectivity index (χ1v) is 3.52. The molecule has 0 saturated carbocycles. The molecule has 3 radical (unpaired) electrons. The summed E-state index contributed by atoms with van der Waals surface area (Å²) in [5.74, 6) is 2.99. The van der Waals surface area contributed by atoms with Gasteiger partial charge in [0.1, 0.15) is 0 Å². The maximum Gasteiger partial charge on any atom is -0.0300 e. The highest BCUT2D eigenvalue weighted by Crippen LogP contribution is 2.12. The molecule has 0 aromatic rings. The van der Waals surface area contributed by atoms with Crippen molar-refractivity contribution in [2.24, 2.45) is 0 Å². The molecule has 0 amide bonds. The molecule has 0 atom stereocenters. The van der Waals surface area contributed by atoms with Crippen molar-refractivity contribution in [3.05, 3.63) is 18.3 Å². The van der Waals surface area contributed by atoms with E-state index in [-0.39, 0.29) is 0 Å². The molecule has 0 unspecified atom stereocenters. The van der Waals surface area contributed by atoms with Gasteiger partial charge in [-0.3, -0.25) is 0 Å². The Balaban J connectivity index is 2.91. The standard InChI is InChI=1S/C9H17/c1-8(2)6-5-7-9(3)4/h5H,6-7H2,1-4H3. The van der Waals surface area contributed by atoms with Crippen LogP contribution in [0.15, 0.2) is 0 Å². The van der Waals surface area contributed by atoms with Gasteiger partial charge in [-0.05, 0) is 31.1 Å². The van der Waals surface area contributed by atoms with Gasteiger partial charge >= 0.3 is 0 Å². The second kappa shape index (κ2) is 4.84. The Kier molecular flexibility index (Phi) is 4.84. The van der Waals surface area contributed by atoms with Crippen LogP contribution in [0.2, 0.25) is 0 Å². The molecule has 0 bridgehead atoms. The minimum absolute atomic E-state index is 1.17. The molecule has 0 saturated heterocycles. The summed E-state index contributed by atoms with van der Waals surface area (Å²) in [6.45, 7) is 8.67. The van der Waals surface area contributed by atoms with Crippen molar-refractivity contribution in [1.82, 2.24) is 0 Å². The van der Waals surface area contributed by atoms with E-state index < -0.39 is 0 Å². The SMILES string of the molecule is C[C](C)C[CH]C[C](C)C. The molecule has 0 spiro atoms. The van der Waals surface area contributed by atoms with Crippen LogP contribution < -0.4 is 0 Å². The average molecular weight is 125 g/mol. The summed E-state index contributed by atoms with van der Waals surface area (Å²) in [7, 11) is 0. The molecule has 0 aromatic heterocycles. The van der Waals surface area contributed by atoms with Crippen LogP contribution in [0.4, 0.5) is 0 Å². The Morgan fingerprint density at radius 1 is 0.889 bits per heavy atom. The molecule has 0 heterocycles. The topological polar surface area (TPSA) is 0 Å². The third kappa shape index (κ3) is 8.00. The Labute approximate surface area is 59.7 Å². The minimum Gasteiger partial charge on any atom is -0.0594 e. The molecule has 0 rings (SSSR count). The van der Waals surface area contributed by atoms with E-state index in [4.69, 9.17) is 0 Å². The van der Waals surface area contributed by atoms with Gasteiger partial charge in [0.05, 0.1) is 0 Å². The third-order valence-corrected chi connectivity index (χ3v) is 1.11. The molecular formula is C9H17. The van der Waals surface area contributed by atoms with E-state index in [2.05, 4.69) is 34.1 Å². The highest BCUT2D eigenvalue weighted by molar-refractivity contribution is 4.91. The maximum atomic E-state index is 2.32. The normalized spacial score (nSPS) is 11.3. The molecule has 0 aliphatic carbocycles. The molecule has 0 heteroatoms. The molecule has 0 aliphatic rings. The highest BCUT2D eigenvalue weighted by Gasteiger charge is 1.96. The fourth-order valence-electron chi connectivity index (χ4n) is 0.650. The van der Waals surface area contributed by atoms with E-state index in [0.29, 0.717) is 0 Å². The van der Waals surface area contributed by atoms with Crippen LogP contribution in [0, 0.1) is 18.3 Å². The van der Waals surface area contributed by atoms with Crippen LogP contribution in [0.1, 0.15) is 40.5 Å². The van der Waals surface area contributed by atoms with Crippen molar-refractivity contribution < 1.29 is 0 Å².